The molecule has 0 bridgehead atoms. The van der Waals surface area contributed by atoms with Crippen LogP contribution in [0.3, 0.4) is 0 Å². The molecule has 7 amide bonds. The second-order valence-corrected chi connectivity index (χ2v) is 21.0. The fourth-order valence-electron chi connectivity index (χ4n) is 9.55. The number of likely N-dealkylation sites (N-methyl/N-ethyl adjacent to an activating group) is 2. The van der Waals surface area contributed by atoms with Crippen molar-refractivity contribution in [1.82, 2.24) is 30.7 Å². The van der Waals surface area contributed by atoms with Crippen molar-refractivity contribution in [3.8, 4) is 0 Å². The first kappa shape index (κ1) is 62.7. The van der Waals surface area contributed by atoms with E-state index in [1.54, 1.807) is 87.9 Å². The van der Waals surface area contributed by atoms with Crippen molar-refractivity contribution >= 4 is 47.2 Å². The third kappa shape index (κ3) is 16.9. The van der Waals surface area contributed by atoms with Gasteiger partial charge in [0.25, 0.3) is 0 Å². The number of amides is 7. The number of carbonyl (C=O) groups excluding carboxylic acids is 7. The number of benzene rings is 2. The molecule has 1 aliphatic rings. The number of anilines is 1. The summed E-state index contributed by atoms with van der Waals surface area (Å²) in [6, 6.07) is 10.5. The lowest BCUT2D eigenvalue weighted by Gasteiger charge is -2.41. The van der Waals surface area contributed by atoms with E-state index in [0.29, 0.717) is 42.6 Å². The van der Waals surface area contributed by atoms with Crippen LogP contribution in [0.1, 0.15) is 119 Å². The topological polar surface area (TPSA) is 251 Å². The van der Waals surface area contributed by atoms with Gasteiger partial charge < -0.3 is 56.1 Å². The van der Waals surface area contributed by atoms with Crippen LogP contribution < -0.4 is 27.0 Å². The molecule has 0 aromatic heterocycles. The predicted molar refractivity (Wildman–Crippen MR) is 284 cm³/mol. The molecule has 1 fully saturated rings. The molecule has 0 radical (unpaired) electrons. The van der Waals surface area contributed by atoms with Crippen LogP contribution in [0.4, 0.5) is 10.5 Å². The Hall–Kier alpha value is -5.63. The van der Waals surface area contributed by atoms with Gasteiger partial charge >= 0.3 is 6.09 Å². The van der Waals surface area contributed by atoms with Crippen molar-refractivity contribution in [2.24, 2.45) is 35.3 Å². The summed E-state index contributed by atoms with van der Waals surface area (Å²) in [5, 5.41) is 22.2. The molecule has 12 unspecified atom stereocenters. The average Bonchev–Trinajstić information content (AvgIpc) is 3.86. The number of nitrogens with two attached hydrogens (primary N) is 1. The zero-order chi connectivity index (χ0) is 55.7. The van der Waals surface area contributed by atoms with Crippen molar-refractivity contribution in [2.45, 2.75) is 169 Å². The van der Waals surface area contributed by atoms with Crippen LogP contribution in [0.25, 0.3) is 0 Å². The summed E-state index contributed by atoms with van der Waals surface area (Å²) in [5.74, 6) is -3.98. The van der Waals surface area contributed by atoms with Crippen LogP contribution in [-0.4, -0.2) is 151 Å². The smallest absolute Gasteiger partial charge is 0.410 e. The normalized spacial score (nSPS) is 18.2. The van der Waals surface area contributed by atoms with E-state index in [2.05, 4.69) is 21.3 Å². The molecule has 74 heavy (non-hydrogen) atoms. The summed E-state index contributed by atoms with van der Waals surface area (Å²) in [5.41, 5.74) is 7.65. The minimum absolute atomic E-state index is 0.0620. The van der Waals surface area contributed by atoms with Gasteiger partial charge in [-0.1, -0.05) is 111 Å². The van der Waals surface area contributed by atoms with Crippen LogP contribution in [0, 0.1) is 29.6 Å². The van der Waals surface area contributed by atoms with Crippen LogP contribution in [0.15, 0.2) is 54.6 Å². The van der Waals surface area contributed by atoms with Crippen LogP contribution in [0.2, 0.25) is 0 Å². The summed E-state index contributed by atoms with van der Waals surface area (Å²) in [4.78, 5) is 100.0. The molecule has 19 nitrogen and oxygen atoms in total. The number of rotatable bonds is 27. The fourth-order valence-corrected chi connectivity index (χ4v) is 9.55. The lowest BCUT2D eigenvalue weighted by atomic mass is 9.89. The number of hydrogen-bond acceptors (Lipinski definition) is 12. The van der Waals surface area contributed by atoms with Gasteiger partial charge in [-0.3, -0.25) is 33.7 Å². The van der Waals surface area contributed by atoms with Gasteiger partial charge in [-0.05, 0) is 73.6 Å². The maximum Gasteiger partial charge on any atom is 0.410 e. The van der Waals surface area contributed by atoms with Crippen molar-refractivity contribution in [1.29, 1.82) is 0 Å². The van der Waals surface area contributed by atoms with Gasteiger partial charge in [-0.15, -0.1) is 0 Å². The highest BCUT2D eigenvalue weighted by Crippen LogP contribution is 2.30. The van der Waals surface area contributed by atoms with E-state index in [1.807, 2.05) is 59.7 Å². The van der Waals surface area contributed by atoms with Gasteiger partial charge in [0.2, 0.25) is 35.4 Å². The molecule has 2 aromatic carbocycles. The monoisotopic (exact) mass is 1040 g/mol. The number of carbonyl (C=O) groups is 7. The number of likely N-dealkylation sites (tertiary alicyclic amines) is 1. The first-order chi connectivity index (χ1) is 34.8. The summed E-state index contributed by atoms with van der Waals surface area (Å²) in [6.45, 7) is 20.2. The maximum atomic E-state index is 14.7. The molecule has 12 atom stereocenters. The van der Waals surface area contributed by atoms with Crippen LogP contribution in [-0.2, 0) is 49.6 Å². The second kappa shape index (κ2) is 29.5. The second-order valence-electron chi connectivity index (χ2n) is 21.0. The highest BCUT2D eigenvalue weighted by Gasteiger charge is 2.44. The van der Waals surface area contributed by atoms with E-state index < -0.39 is 90.3 Å². The number of hydrogen-bond donors (Lipinski definition) is 6. The maximum absolute atomic E-state index is 14.7. The third-order valence-corrected chi connectivity index (χ3v) is 14.4. The summed E-state index contributed by atoms with van der Waals surface area (Å²) < 4.78 is 17.6. The highest BCUT2D eigenvalue weighted by atomic mass is 16.6. The number of methoxy groups -OCH3 is 2. The van der Waals surface area contributed by atoms with Gasteiger partial charge in [-0.25, -0.2) is 4.79 Å². The predicted octanol–water partition coefficient (Wildman–Crippen LogP) is 5.01. The van der Waals surface area contributed by atoms with Crippen molar-refractivity contribution in [2.75, 3.05) is 40.2 Å². The molecular weight excluding hydrogens is 949 g/mol. The van der Waals surface area contributed by atoms with E-state index in [0.717, 1.165) is 0 Å². The average molecular weight is 1040 g/mol. The minimum atomic E-state index is -1.02. The van der Waals surface area contributed by atoms with Gasteiger partial charge in [0, 0.05) is 40.5 Å². The number of nitrogens with one attached hydrogen (secondary N) is 4. The van der Waals surface area contributed by atoms with E-state index in [9.17, 15) is 38.7 Å². The Morgan fingerprint density at radius 2 is 1.38 bits per heavy atom. The summed E-state index contributed by atoms with van der Waals surface area (Å²) in [6.07, 6.45) is -1.16. The van der Waals surface area contributed by atoms with Crippen LogP contribution >= 0.6 is 0 Å². The summed E-state index contributed by atoms with van der Waals surface area (Å²) in [7, 11) is 6.16. The Labute approximate surface area is 439 Å². The van der Waals surface area contributed by atoms with E-state index >= 15 is 0 Å². The molecule has 3 rings (SSSR count). The van der Waals surface area contributed by atoms with E-state index in [4.69, 9.17) is 19.9 Å². The number of nitrogens with zero attached hydrogens (tertiary/aromatic N) is 3. The van der Waals surface area contributed by atoms with Gasteiger partial charge in [-0.2, -0.15) is 0 Å². The molecule has 1 heterocycles. The molecule has 414 valence electrons. The molecule has 19 heteroatoms. The van der Waals surface area contributed by atoms with Crippen molar-refractivity contribution in [3.63, 3.8) is 0 Å². The number of aliphatic hydroxyl groups is 1. The zero-order valence-electron chi connectivity index (χ0n) is 46.5. The lowest BCUT2D eigenvalue weighted by Crippen LogP contribution is -2.60. The minimum Gasteiger partial charge on any atom is -0.445 e. The molecule has 1 aliphatic heterocycles. The molecule has 1 saturated heterocycles. The lowest BCUT2D eigenvalue weighted by molar-refractivity contribution is -0.148. The highest BCUT2D eigenvalue weighted by molar-refractivity contribution is 5.97. The first-order valence-electron chi connectivity index (χ1n) is 26.1. The molecule has 0 saturated carbocycles. The molecule has 0 aliphatic carbocycles. The zero-order valence-corrected chi connectivity index (χ0v) is 46.5. The van der Waals surface area contributed by atoms with E-state index in [-0.39, 0.29) is 54.4 Å². The fraction of sp³-hybridized carbons (Fsp3) is 0.655. The number of ether oxygens (including phenoxy) is 3. The van der Waals surface area contributed by atoms with E-state index in [1.165, 1.54) is 26.2 Å². The largest absolute Gasteiger partial charge is 0.445 e. The Balaban J connectivity index is 1.69. The quantitative estimate of drug-likeness (QED) is 0.0692. The molecule has 0 spiro atoms. The summed E-state index contributed by atoms with van der Waals surface area (Å²) >= 11 is 0. The van der Waals surface area contributed by atoms with Gasteiger partial charge in [0.15, 0.2) is 0 Å². The molecular formula is C55H88N8O11. The Kier molecular flexibility index (Phi) is 24.9. The van der Waals surface area contributed by atoms with Gasteiger partial charge in [0.1, 0.15) is 24.7 Å². The van der Waals surface area contributed by atoms with Crippen molar-refractivity contribution < 1.29 is 52.9 Å². The Morgan fingerprint density at radius 3 is 1.92 bits per heavy atom. The SMILES string of the molecule is CCC(C)C(C(CC(=O)N1CCCC1C(OC)C(C)C(=O)NC(C)C(O)c1ccccc1)OC)N(C)C(=O)C(NC(=O)C(C(C)C)N(C)C(=O)OCc1ccc(NC(=O)C(C)NC(=O)C(N)C(C)C)cc1)C(C)C. The Morgan fingerprint density at radius 1 is 0.757 bits per heavy atom. The third-order valence-electron chi connectivity index (χ3n) is 14.4. The number of aliphatic hydroxyl groups excluding tert-OH is 1. The standard InChI is InChI=1S/C55H88N8O11/c1-16-34(8)47(42(72-14)29-43(64)63-28-20-23-41(63)49(73-15)35(9)50(66)57-36(10)48(65)39-21-18-17-19-22-39)61(12)54(70)45(32(4)5)60-53(69)46(33(6)7)62(13)55(71)74-30-38-24-26-40(27-25-38)59-51(67)37(11)58-52(68)44(56)31(2)3/h17-19,21-22,24-27,31-37,41-42,44-49,65H,16,20,23,28-30,56H2,1-15H3,(H,57,66)(H,58,68)(H,59,67)(H,60,69). The van der Waals surface area contributed by atoms with Gasteiger partial charge in [0.05, 0.1) is 54.8 Å². The first-order valence-corrected chi connectivity index (χ1v) is 26.1. The van der Waals surface area contributed by atoms with Crippen molar-refractivity contribution in [3.05, 3.63) is 65.7 Å². The Bertz CT molecular complexity index is 2140. The molecule has 7 N–H and O–H groups in total. The van der Waals surface area contributed by atoms with Crippen LogP contribution in [0.5, 0.6) is 0 Å². The molecule has 2 aromatic rings.